The van der Waals surface area contributed by atoms with E-state index in [1.807, 2.05) is 13.8 Å². The van der Waals surface area contributed by atoms with Crippen LogP contribution in [-0.4, -0.2) is 54.5 Å². The molecule has 1 rings (SSSR count). The van der Waals surface area contributed by atoms with Gasteiger partial charge in [-0.25, -0.2) is 0 Å². The third-order valence-corrected chi connectivity index (χ3v) is 3.14. The number of piperidine rings is 1. The predicted molar refractivity (Wildman–Crippen MR) is 60.7 cm³/mol. The number of aliphatic hydroxyl groups excluding tert-OH is 1. The summed E-state index contributed by atoms with van der Waals surface area (Å²) in [5.41, 5.74) is 5.84. The Bertz CT molecular complexity index is 168. The molecule has 0 aromatic rings. The fourth-order valence-corrected chi connectivity index (χ4v) is 2.22. The number of hydrogen-bond donors (Lipinski definition) is 2. The normalized spacial score (nSPS) is 24.0. The second kappa shape index (κ2) is 6.43. The number of aliphatic hydroxyl groups is 1. The standard InChI is InChI=1S/C11H24N2O2/c1-3-15-10-4-6-13(7-5-10)11(8-14)9(2)12/h9-11,14H,3-8,12H2,1-2H3. The Balaban J connectivity index is 2.35. The van der Waals surface area contributed by atoms with E-state index in [2.05, 4.69) is 4.90 Å². The summed E-state index contributed by atoms with van der Waals surface area (Å²) in [5.74, 6) is 0. The van der Waals surface area contributed by atoms with Gasteiger partial charge in [0.05, 0.1) is 12.7 Å². The first-order chi connectivity index (χ1) is 7.19. The summed E-state index contributed by atoms with van der Waals surface area (Å²) in [6, 6.07) is 0.131. The number of rotatable bonds is 5. The molecule has 2 unspecified atom stereocenters. The minimum atomic E-state index is 0.0265. The van der Waals surface area contributed by atoms with Crippen LogP contribution in [0.15, 0.2) is 0 Å². The fourth-order valence-electron chi connectivity index (χ4n) is 2.22. The van der Waals surface area contributed by atoms with Crippen molar-refractivity contribution in [2.24, 2.45) is 5.73 Å². The Labute approximate surface area is 92.4 Å². The fraction of sp³-hybridized carbons (Fsp3) is 1.00. The van der Waals surface area contributed by atoms with Crippen molar-refractivity contribution in [3.8, 4) is 0 Å². The molecule has 0 saturated carbocycles. The summed E-state index contributed by atoms with van der Waals surface area (Å²) in [6.45, 7) is 6.90. The molecule has 0 aromatic heterocycles. The van der Waals surface area contributed by atoms with Crippen molar-refractivity contribution in [3.05, 3.63) is 0 Å². The number of nitrogens with zero attached hydrogens (tertiary/aromatic N) is 1. The second-order valence-electron chi connectivity index (χ2n) is 4.30. The zero-order valence-corrected chi connectivity index (χ0v) is 9.85. The van der Waals surface area contributed by atoms with Crippen LogP contribution in [0.2, 0.25) is 0 Å². The molecule has 1 heterocycles. The van der Waals surface area contributed by atoms with Gasteiger partial charge in [-0.2, -0.15) is 0 Å². The predicted octanol–water partition coefficient (Wildman–Crippen LogP) is 0.195. The van der Waals surface area contributed by atoms with Crippen LogP contribution in [0.5, 0.6) is 0 Å². The largest absolute Gasteiger partial charge is 0.395 e. The molecular weight excluding hydrogens is 192 g/mol. The van der Waals surface area contributed by atoms with Crippen LogP contribution >= 0.6 is 0 Å². The van der Waals surface area contributed by atoms with Gasteiger partial charge in [-0.3, -0.25) is 4.90 Å². The van der Waals surface area contributed by atoms with E-state index in [4.69, 9.17) is 10.5 Å². The van der Waals surface area contributed by atoms with Crippen LogP contribution in [0.3, 0.4) is 0 Å². The second-order valence-corrected chi connectivity index (χ2v) is 4.30. The van der Waals surface area contributed by atoms with Gasteiger partial charge in [0.1, 0.15) is 0 Å². The molecule has 1 saturated heterocycles. The Morgan fingerprint density at radius 2 is 2.07 bits per heavy atom. The summed E-state index contributed by atoms with van der Waals surface area (Å²) in [4.78, 5) is 2.28. The monoisotopic (exact) mass is 216 g/mol. The first kappa shape index (κ1) is 12.9. The van der Waals surface area contributed by atoms with Crippen molar-refractivity contribution < 1.29 is 9.84 Å². The van der Waals surface area contributed by atoms with Crippen LogP contribution in [0.25, 0.3) is 0 Å². The van der Waals surface area contributed by atoms with Crippen LogP contribution in [0.4, 0.5) is 0 Å². The number of hydrogen-bond acceptors (Lipinski definition) is 4. The molecule has 4 heteroatoms. The van der Waals surface area contributed by atoms with E-state index in [1.54, 1.807) is 0 Å². The van der Waals surface area contributed by atoms with Gasteiger partial charge >= 0.3 is 0 Å². The number of nitrogens with two attached hydrogens (primary N) is 1. The highest BCUT2D eigenvalue weighted by atomic mass is 16.5. The maximum atomic E-state index is 9.27. The molecule has 0 aromatic carbocycles. The molecule has 90 valence electrons. The molecule has 1 fully saturated rings. The van der Waals surface area contributed by atoms with Crippen molar-refractivity contribution in [1.29, 1.82) is 0 Å². The lowest BCUT2D eigenvalue weighted by Gasteiger charge is -2.38. The van der Waals surface area contributed by atoms with Crippen LogP contribution in [-0.2, 0) is 4.74 Å². The van der Waals surface area contributed by atoms with Crippen LogP contribution < -0.4 is 5.73 Å². The van der Waals surface area contributed by atoms with Gasteiger partial charge in [0.15, 0.2) is 0 Å². The maximum absolute atomic E-state index is 9.27. The molecular formula is C11H24N2O2. The van der Waals surface area contributed by atoms with E-state index in [0.29, 0.717) is 6.10 Å². The SMILES string of the molecule is CCOC1CCN(C(CO)C(C)N)CC1. The van der Waals surface area contributed by atoms with Crippen molar-refractivity contribution in [2.75, 3.05) is 26.3 Å². The van der Waals surface area contributed by atoms with Gasteiger partial charge in [0, 0.05) is 31.8 Å². The molecule has 0 aliphatic carbocycles. The summed E-state index contributed by atoms with van der Waals surface area (Å²) in [6.07, 6.45) is 2.51. The van der Waals surface area contributed by atoms with Gasteiger partial charge in [-0.05, 0) is 26.7 Å². The molecule has 1 aliphatic heterocycles. The molecule has 3 N–H and O–H groups in total. The van der Waals surface area contributed by atoms with E-state index in [1.165, 1.54) is 0 Å². The Hall–Kier alpha value is -0.160. The molecule has 0 bridgehead atoms. The van der Waals surface area contributed by atoms with Crippen LogP contribution in [0, 0.1) is 0 Å². The average molecular weight is 216 g/mol. The summed E-state index contributed by atoms with van der Waals surface area (Å²) in [7, 11) is 0. The van der Waals surface area contributed by atoms with Crippen molar-refractivity contribution in [1.82, 2.24) is 4.90 Å². The minimum Gasteiger partial charge on any atom is -0.395 e. The lowest BCUT2D eigenvalue weighted by Crippen LogP contribution is -2.52. The van der Waals surface area contributed by atoms with Gasteiger partial charge in [0.25, 0.3) is 0 Å². The maximum Gasteiger partial charge on any atom is 0.0601 e. The smallest absolute Gasteiger partial charge is 0.0601 e. The van der Waals surface area contributed by atoms with E-state index >= 15 is 0 Å². The molecule has 0 radical (unpaired) electrons. The van der Waals surface area contributed by atoms with Crippen molar-refractivity contribution in [2.45, 2.75) is 44.9 Å². The number of likely N-dealkylation sites (tertiary alicyclic amines) is 1. The highest BCUT2D eigenvalue weighted by Crippen LogP contribution is 2.16. The quantitative estimate of drug-likeness (QED) is 0.689. The van der Waals surface area contributed by atoms with Gasteiger partial charge in [-0.1, -0.05) is 0 Å². The topological polar surface area (TPSA) is 58.7 Å². The van der Waals surface area contributed by atoms with Gasteiger partial charge < -0.3 is 15.6 Å². The molecule has 4 nitrogen and oxygen atoms in total. The zero-order valence-electron chi connectivity index (χ0n) is 9.85. The molecule has 0 spiro atoms. The Morgan fingerprint density at radius 1 is 1.47 bits per heavy atom. The zero-order chi connectivity index (χ0) is 11.3. The average Bonchev–Trinajstić information content (AvgIpc) is 2.21. The third kappa shape index (κ3) is 3.72. The lowest BCUT2D eigenvalue weighted by molar-refractivity contribution is -0.00651. The lowest BCUT2D eigenvalue weighted by atomic mass is 10.0. The van der Waals surface area contributed by atoms with Crippen LogP contribution in [0.1, 0.15) is 26.7 Å². The highest BCUT2D eigenvalue weighted by Gasteiger charge is 2.26. The van der Waals surface area contributed by atoms with E-state index in [0.717, 1.165) is 32.5 Å². The van der Waals surface area contributed by atoms with E-state index < -0.39 is 0 Å². The van der Waals surface area contributed by atoms with E-state index in [-0.39, 0.29) is 18.7 Å². The molecule has 2 atom stereocenters. The Kier molecular flexibility index (Phi) is 5.53. The van der Waals surface area contributed by atoms with Gasteiger partial charge in [-0.15, -0.1) is 0 Å². The molecule has 0 amide bonds. The summed E-state index contributed by atoms with van der Waals surface area (Å²) < 4.78 is 5.58. The minimum absolute atomic E-state index is 0.0265. The first-order valence-corrected chi connectivity index (χ1v) is 5.91. The summed E-state index contributed by atoms with van der Waals surface area (Å²) in [5, 5.41) is 9.27. The Morgan fingerprint density at radius 3 is 2.47 bits per heavy atom. The van der Waals surface area contributed by atoms with E-state index in [9.17, 15) is 5.11 Å². The third-order valence-electron chi connectivity index (χ3n) is 3.14. The van der Waals surface area contributed by atoms with Crippen molar-refractivity contribution >= 4 is 0 Å². The number of ether oxygens (including phenoxy) is 1. The first-order valence-electron chi connectivity index (χ1n) is 5.91. The molecule has 1 aliphatic rings. The molecule has 15 heavy (non-hydrogen) atoms. The van der Waals surface area contributed by atoms with Crippen molar-refractivity contribution in [3.63, 3.8) is 0 Å². The highest BCUT2D eigenvalue weighted by molar-refractivity contribution is 4.83. The summed E-state index contributed by atoms with van der Waals surface area (Å²) >= 11 is 0. The van der Waals surface area contributed by atoms with Gasteiger partial charge in [0.2, 0.25) is 0 Å².